The molecule has 1 aromatic heterocycles. The summed E-state index contributed by atoms with van der Waals surface area (Å²) in [5, 5.41) is 5.32. The van der Waals surface area contributed by atoms with Gasteiger partial charge in [0.1, 0.15) is 0 Å². The minimum absolute atomic E-state index is 0.543. The molecule has 0 saturated carbocycles. The van der Waals surface area contributed by atoms with Gasteiger partial charge in [-0.25, -0.2) is 0 Å². The van der Waals surface area contributed by atoms with Crippen molar-refractivity contribution in [2.45, 2.75) is 33.2 Å². The molecular formula is C10H17BrN2. The van der Waals surface area contributed by atoms with E-state index >= 15 is 0 Å². The van der Waals surface area contributed by atoms with Gasteiger partial charge in [0.25, 0.3) is 0 Å². The van der Waals surface area contributed by atoms with Crippen molar-refractivity contribution in [2.75, 3.05) is 5.33 Å². The maximum Gasteiger partial charge on any atom is 0.0492 e. The molecule has 0 aliphatic rings. The first-order valence-electron chi connectivity index (χ1n) is 4.72. The Morgan fingerprint density at radius 1 is 1.46 bits per heavy atom. The molecule has 0 bridgehead atoms. The largest absolute Gasteiger partial charge is 0.269 e. The van der Waals surface area contributed by atoms with E-state index in [0.29, 0.717) is 11.8 Å². The molecule has 1 atom stereocenters. The topological polar surface area (TPSA) is 17.8 Å². The van der Waals surface area contributed by atoms with Crippen LogP contribution in [0.25, 0.3) is 0 Å². The maximum atomic E-state index is 4.32. The molecule has 1 aromatic rings. The summed E-state index contributed by atoms with van der Waals surface area (Å²) < 4.78 is 2.11. The first-order valence-corrected chi connectivity index (χ1v) is 5.85. The van der Waals surface area contributed by atoms with E-state index in [0.717, 1.165) is 11.9 Å². The summed E-state index contributed by atoms with van der Waals surface area (Å²) in [6, 6.07) is 2.11. The number of hydrogen-bond donors (Lipinski definition) is 0. The highest BCUT2D eigenvalue weighted by Crippen LogP contribution is 2.17. The lowest BCUT2D eigenvalue weighted by atomic mass is 10.1. The number of hydrogen-bond acceptors (Lipinski definition) is 1. The van der Waals surface area contributed by atoms with E-state index in [-0.39, 0.29) is 0 Å². The maximum absolute atomic E-state index is 4.32. The zero-order chi connectivity index (χ0) is 9.84. The quantitative estimate of drug-likeness (QED) is 0.745. The lowest BCUT2D eigenvalue weighted by molar-refractivity contribution is 0.462. The van der Waals surface area contributed by atoms with Crippen LogP contribution in [0.4, 0.5) is 0 Å². The van der Waals surface area contributed by atoms with Crippen molar-refractivity contribution in [1.82, 2.24) is 9.78 Å². The van der Waals surface area contributed by atoms with Crippen molar-refractivity contribution in [3.05, 3.63) is 18.0 Å². The van der Waals surface area contributed by atoms with Crippen LogP contribution in [0.3, 0.4) is 0 Å². The van der Waals surface area contributed by atoms with Crippen molar-refractivity contribution in [3.8, 4) is 0 Å². The second-order valence-electron chi connectivity index (χ2n) is 3.89. The normalized spacial score (nSPS) is 13.6. The molecule has 1 rings (SSSR count). The Balaban J connectivity index is 2.76. The van der Waals surface area contributed by atoms with Crippen molar-refractivity contribution >= 4 is 15.9 Å². The van der Waals surface area contributed by atoms with Crippen molar-refractivity contribution in [1.29, 1.82) is 0 Å². The summed E-state index contributed by atoms with van der Waals surface area (Å²) in [6.45, 7) is 7.65. The van der Waals surface area contributed by atoms with Crippen LogP contribution in [0.1, 0.15) is 32.4 Å². The fourth-order valence-corrected chi connectivity index (χ4v) is 1.67. The molecule has 0 fully saturated rings. The molecular weight excluding hydrogens is 228 g/mol. The molecule has 0 saturated heterocycles. The molecule has 3 heteroatoms. The Labute approximate surface area is 88.5 Å². The molecule has 0 aliphatic carbocycles. The van der Waals surface area contributed by atoms with Gasteiger partial charge in [0.15, 0.2) is 0 Å². The minimum Gasteiger partial charge on any atom is -0.269 e. The molecule has 0 radical (unpaired) electrons. The first kappa shape index (κ1) is 10.8. The van der Waals surface area contributed by atoms with Crippen LogP contribution >= 0.6 is 15.9 Å². The lowest BCUT2D eigenvalue weighted by Crippen LogP contribution is -2.12. The van der Waals surface area contributed by atoms with Gasteiger partial charge < -0.3 is 0 Å². The molecule has 2 nitrogen and oxygen atoms in total. The van der Waals surface area contributed by atoms with Gasteiger partial charge >= 0.3 is 0 Å². The Kier molecular flexibility index (Phi) is 3.97. The average Bonchev–Trinajstić information content (AvgIpc) is 2.50. The molecule has 74 valence electrons. The molecule has 1 heterocycles. The second-order valence-corrected chi connectivity index (χ2v) is 4.53. The van der Waals surface area contributed by atoms with Gasteiger partial charge in [-0.3, -0.25) is 4.68 Å². The average molecular weight is 245 g/mol. The summed E-state index contributed by atoms with van der Waals surface area (Å²) in [5.41, 5.74) is 1.32. The zero-order valence-electron chi connectivity index (χ0n) is 8.50. The third-order valence-corrected chi connectivity index (χ3v) is 3.00. The predicted molar refractivity (Wildman–Crippen MR) is 59.3 cm³/mol. The van der Waals surface area contributed by atoms with Crippen LogP contribution in [-0.4, -0.2) is 15.1 Å². The third-order valence-electron chi connectivity index (χ3n) is 2.02. The molecule has 1 unspecified atom stereocenters. The highest BCUT2D eigenvalue weighted by Gasteiger charge is 2.10. The molecule has 0 aliphatic heterocycles. The Bertz CT molecular complexity index is 255. The van der Waals surface area contributed by atoms with Gasteiger partial charge in [-0.05, 0) is 12.0 Å². The Hall–Kier alpha value is -0.310. The zero-order valence-corrected chi connectivity index (χ0v) is 10.1. The van der Waals surface area contributed by atoms with Crippen LogP contribution in [0.5, 0.6) is 0 Å². The predicted octanol–water partition coefficient (Wildman–Crippen LogP) is 3.04. The molecule has 0 amide bonds. The number of nitrogens with zero attached hydrogens (tertiary/aromatic N) is 2. The Morgan fingerprint density at radius 2 is 2.15 bits per heavy atom. The summed E-state index contributed by atoms with van der Waals surface area (Å²) in [5.74, 6) is 1.20. The smallest absolute Gasteiger partial charge is 0.0492 e. The minimum atomic E-state index is 0.543. The summed E-state index contributed by atoms with van der Waals surface area (Å²) in [7, 11) is 0. The number of rotatable bonds is 4. The van der Waals surface area contributed by atoms with Gasteiger partial charge in [0, 0.05) is 29.7 Å². The SMILES string of the molecule is CC(C)Cn1nccc1C(C)CBr. The highest BCUT2D eigenvalue weighted by atomic mass is 79.9. The van der Waals surface area contributed by atoms with Gasteiger partial charge in [0.05, 0.1) is 0 Å². The number of halogens is 1. The highest BCUT2D eigenvalue weighted by molar-refractivity contribution is 9.09. The second kappa shape index (κ2) is 4.80. The van der Waals surface area contributed by atoms with E-state index in [1.807, 2.05) is 6.20 Å². The first-order chi connectivity index (χ1) is 6.15. The lowest BCUT2D eigenvalue weighted by Gasteiger charge is -2.13. The van der Waals surface area contributed by atoms with E-state index < -0.39 is 0 Å². The van der Waals surface area contributed by atoms with Gasteiger partial charge in [-0.15, -0.1) is 0 Å². The fourth-order valence-electron chi connectivity index (χ4n) is 1.34. The van der Waals surface area contributed by atoms with Crippen LogP contribution in [-0.2, 0) is 6.54 Å². The summed E-state index contributed by atoms with van der Waals surface area (Å²) >= 11 is 3.50. The van der Waals surface area contributed by atoms with Crippen LogP contribution in [0.2, 0.25) is 0 Å². The molecule has 13 heavy (non-hydrogen) atoms. The van der Waals surface area contributed by atoms with Crippen LogP contribution < -0.4 is 0 Å². The standard InChI is InChI=1S/C10H17BrN2/c1-8(2)7-13-10(4-5-12-13)9(3)6-11/h4-5,8-9H,6-7H2,1-3H3. The molecule has 0 spiro atoms. The van der Waals surface area contributed by atoms with Gasteiger partial charge in [-0.1, -0.05) is 36.7 Å². The van der Waals surface area contributed by atoms with Crippen molar-refractivity contribution in [2.24, 2.45) is 5.92 Å². The van der Waals surface area contributed by atoms with E-state index in [2.05, 4.69) is 52.5 Å². The van der Waals surface area contributed by atoms with E-state index in [1.54, 1.807) is 0 Å². The van der Waals surface area contributed by atoms with Crippen LogP contribution in [0.15, 0.2) is 12.3 Å². The summed E-state index contributed by atoms with van der Waals surface area (Å²) in [4.78, 5) is 0. The van der Waals surface area contributed by atoms with E-state index in [1.165, 1.54) is 5.69 Å². The molecule has 0 N–H and O–H groups in total. The Morgan fingerprint density at radius 3 is 2.69 bits per heavy atom. The molecule has 0 aromatic carbocycles. The van der Waals surface area contributed by atoms with Gasteiger partial charge in [0.2, 0.25) is 0 Å². The van der Waals surface area contributed by atoms with E-state index in [9.17, 15) is 0 Å². The van der Waals surface area contributed by atoms with Crippen LogP contribution in [0, 0.1) is 5.92 Å². The van der Waals surface area contributed by atoms with E-state index in [4.69, 9.17) is 0 Å². The fraction of sp³-hybridized carbons (Fsp3) is 0.700. The summed E-state index contributed by atoms with van der Waals surface area (Å²) in [6.07, 6.45) is 1.89. The van der Waals surface area contributed by atoms with Crippen molar-refractivity contribution < 1.29 is 0 Å². The number of aromatic nitrogens is 2. The van der Waals surface area contributed by atoms with Gasteiger partial charge in [-0.2, -0.15) is 5.10 Å². The van der Waals surface area contributed by atoms with Crippen molar-refractivity contribution in [3.63, 3.8) is 0 Å². The monoisotopic (exact) mass is 244 g/mol. The number of alkyl halides is 1. The third kappa shape index (κ3) is 2.83.